The minimum atomic E-state index is 0.0868. The molecule has 2 rings (SSSR count). The average Bonchev–Trinajstić information content (AvgIpc) is 2.97. The number of anilines is 1. The molecule has 0 radical (unpaired) electrons. The van der Waals surface area contributed by atoms with E-state index in [1.165, 1.54) is 23.1 Å². The Morgan fingerprint density at radius 3 is 3.00 bits per heavy atom. The quantitative estimate of drug-likeness (QED) is 0.754. The van der Waals surface area contributed by atoms with Gasteiger partial charge >= 0.3 is 0 Å². The van der Waals surface area contributed by atoms with Gasteiger partial charge in [-0.2, -0.15) is 0 Å². The van der Waals surface area contributed by atoms with Crippen LogP contribution >= 0.6 is 23.1 Å². The lowest BCUT2D eigenvalue weighted by molar-refractivity contribution is -0.120. The second kappa shape index (κ2) is 5.79. The van der Waals surface area contributed by atoms with Crippen molar-refractivity contribution >= 4 is 34.0 Å². The Morgan fingerprint density at radius 1 is 1.59 bits per heavy atom. The Kier molecular flexibility index (Phi) is 4.36. The van der Waals surface area contributed by atoms with Gasteiger partial charge in [-0.25, -0.2) is 0 Å². The SMILES string of the molecule is CN(C)c1nnc(SCC(=O)C2CCOC2)s1. The molecule has 1 atom stereocenters. The predicted molar refractivity (Wildman–Crippen MR) is 68.9 cm³/mol. The summed E-state index contributed by atoms with van der Waals surface area (Å²) in [4.78, 5) is 13.7. The molecule has 1 aliphatic heterocycles. The van der Waals surface area contributed by atoms with E-state index in [9.17, 15) is 4.79 Å². The van der Waals surface area contributed by atoms with Gasteiger partial charge in [0.2, 0.25) is 5.13 Å². The first-order chi connectivity index (χ1) is 8.16. The summed E-state index contributed by atoms with van der Waals surface area (Å²) in [6.45, 7) is 1.29. The summed E-state index contributed by atoms with van der Waals surface area (Å²) in [5, 5.41) is 8.94. The Labute approximate surface area is 109 Å². The number of carbonyl (C=O) groups is 1. The summed E-state index contributed by atoms with van der Waals surface area (Å²) >= 11 is 2.98. The van der Waals surface area contributed by atoms with E-state index in [0.29, 0.717) is 19.0 Å². The van der Waals surface area contributed by atoms with E-state index in [1.807, 2.05) is 19.0 Å². The van der Waals surface area contributed by atoms with Crippen LogP contribution < -0.4 is 4.90 Å². The number of ketones is 1. The molecule has 1 aromatic heterocycles. The number of carbonyl (C=O) groups excluding carboxylic acids is 1. The van der Waals surface area contributed by atoms with E-state index in [-0.39, 0.29) is 11.7 Å². The molecule has 1 saturated heterocycles. The smallest absolute Gasteiger partial charge is 0.208 e. The standard InChI is InChI=1S/C10H15N3O2S2/c1-13(2)9-11-12-10(17-9)16-6-8(14)7-3-4-15-5-7/h7H,3-6H2,1-2H3. The normalized spacial score (nSPS) is 19.5. The summed E-state index contributed by atoms with van der Waals surface area (Å²) in [6, 6.07) is 0. The van der Waals surface area contributed by atoms with Crippen LogP contribution in [0.4, 0.5) is 5.13 Å². The summed E-state index contributed by atoms with van der Waals surface area (Å²) in [7, 11) is 3.85. The Bertz CT molecular complexity index is 389. The first kappa shape index (κ1) is 12.8. The summed E-state index contributed by atoms with van der Waals surface area (Å²) in [5.74, 6) is 0.814. The minimum Gasteiger partial charge on any atom is -0.381 e. The van der Waals surface area contributed by atoms with Gasteiger partial charge < -0.3 is 9.64 Å². The molecule has 17 heavy (non-hydrogen) atoms. The molecule has 94 valence electrons. The highest BCUT2D eigenvalue weighted by Crippen LogP contribution is 2.28. The number of aromatic nitrogens is 2. The highest BCUT2D eigenvalue weighted by atomic mass is 32.2. The van der Waals surface area contributed by atoms with E-state index >= 15 is 0 Å². The maximum Gasteiger partial charge on any atom is 0.208 e. The molecular formula is C10H15N3O2S2. The van der Waals surface area contributed by atoms with Crippen LogP contribution in [0.5, 0.6) is 0 Å². The lowest BCUT2D eigenvalue weighted by Gasteiger charge is -2.04. The molecule has 2 heterocycles. The van der Waals surface area contributed by atoms with Gasteiger partial charge in [-0.3, -0.25) is 4.79 Å². The second-order valence-electron chi connectivity index (χ2n) is 4.06. The highest BCUT2D eigenvalue weighted by molar-refractivity contribution is 8.01. The van der Waals surface area contributed by atoms with Crippen LogP contribution in [-0.4, -0.2) is 49.0 Å². The van der Waals surface area contributed by atoms with Gasteiger partial charge in [0.15, 0.2) is 4.34 Å². The third-order valence-electron chi connectivity index (χ3n) is 2.50. The third-order valence-corrected chi connectivity index (χ3v) is 4.75. The Balaban J connectivity index is 1.82. The van der Waals surface area contributed by atoms with Gasteiger partial charge in [0.1, 0.15) is 5.78 Å². The van der Waals surface area contributed by atoms with Crippen molar-refractivity contribution in [3.63, 3.8) is 0 Å². The summed E-state index contributed by atoms with van der Waals surface area (Å²) < 4.78 is 6.05. The number of hydrogen-bond acceptors (Lipinski definition) is 7. The fourth-order valence-corrected chi connectivity index (χ4v) is 3.22. The molecule has 7 heteroatoms. The van der Waals surface area contributed by atoms with Crippen LogP contribution in [0.1, 0.15) is 6.42 Å². The molecule has 1 aliphatic rings. The number of nitrogens with zero attached hydrogens (tertiary/aromatic N) is 3. The van der Waals surface area contributed by atoms with Crippen molar-refractivity contribution in [1.82, 2.24) is 10.2 Å². The van der Waals surface area contributed by atoms with Crippen LogP contribution in [0.15, 0.2) is 4.34 Å². The van der Waals surface area contributed by atoms with Gasteiger partial charge in [0, 0.05) is 26.6 Å². The zero-order valence-corrected chi connectivity index (χ0v) is 11.5. The topological polar surface area (TPSA) is 55.3 Å². The van der Waals surface area contributed by atoms with Crippen molar-refractivity contribution in [2.24, 2.45) is 5.92 Å². The van der Waals surface area contributed by atoms with Crippen molar-refractivity contribution in [3.05, 3.63) is 0 Å². The zero-order valence-electron chi connectivity index (χ0n) is 9.88. The van der Waals surface area contributed by atoms with Crippen molar-refractivity contribution in [2.45, 2.75) is 10.8 Å². The molecule has 0 saturated carbocycles. The first-order valence-electron chi connectivity index (χ1n) is 5.41. The zero-order chi connectivity index (χ0) is 12.3. The molecule has 1 aromatic rings. The monoisotopic (exact) mass is 273 g/mol. The lowest BCUT2D eigenvalue weighted by Crippen LogP contribution is -2.16. The second-order valence-corrected chi connectivity index (χ2v) is 6.24. The Hall–Kier alpha value is -0.660. The van der Waals surface area contributed by atoms with Crippen LogP contribution in [0.25, 0.3) is 0 Å². The summed E-state index contributed by atoms with van der Waals surface area (Å²) in [5.41, 5.74) is 0. The van der Waals surface area contributed by atoms with Crippen LogP contribution in [-0.2, 0) is 9.53 Å². The maximum absolute atomic E-state index is 11.8. The van der Waals surface area contributed by atoms with E-state index < -0.39 is 0 Å². The number of hydrogen-bond donors (Lipinski definition) is 0. The number of ether oxygens (including phenoxy) is 1. The van der Waals surface area contributed by atoms with Crippen molar-refractivity contribution in [3.8, 4) is 0 Å². The maximum atomic E-state index is 11.8. The van der Waals surface area contributed by atoms with E-state index in [1.54, 1.807) is 0 Å². The molecular weight excluding hydrogens is 258 g/mol. The molecule has 0 N–H and O–H groups in total. The number of Topliss-reactive ketones (excluding diaryl/α,β-unsaturated/α-hetero) is 1. The minimum absolute atomic E-state index is 0.0868. The van der Waals surface area contributed by atoms with Crippen LogP contribution in [0.2, 0.25) is 0 Å². The fraction of sp³-hybridized carbons (Fsp3) is 0.700. The summed E-state index contributed by atoms with van der Waals surface area (Å²) in [6.07, 6.45) is 0.860. The highest BCUT2D eigenvalue weighted by Gasteiger charge is 2.23. The van der Waals surface area contributed by atoms with Crippen molar-refractivity contribution in [1.29, 1.82) is 0 Å². The van der Waals surface area contributed by atoms with Gasteiger partial charge in [-0.1, -0.05) is 23.1 Å². The molecule has 0 spiro atoms. The van der Waals surface area contributed by atoms with Gasteiger partial charge in [0.25, 0.3) is 0 Å². The lowest BCUT2D eigenvalue weighted by atomic mass is 10.1. The van der Waals surface area contributed by atoms with E-state index in [2.05, 4.69) is 10.2 Å². The van der Waals surface area contributed by atoms with Crippen molar-refractivity contribution < 1.29 is 9.53 Å². The fourth-order valence-electron chi connectivity index (χ4n) is 1.48. The first-order valence-corrected chi connectivity index (χ1v) is 7.21. The van der Waals surface area contributed by atoms with Gasteiger partial charge in [0.05, 0.1) is 12.4 Å². The van der Waals surface area contributed by atoms with Gasteiger partial charge in [-0.15, -0.1) is 10.2 Å². The average molecular weight is 273 g/mol. The molecule has 0 aliphatic carbocycles. The van der Waals surface area contributed by atoms with Crippen LogP contribution in [0, 0.1) is 5.92 Å². The molecule has 0 bridgehead atoms. The van der Waals surface area contributed by atoms with E-state index in [0.717, 1.165) is 15.9 Å². The molecule has 1 fully saturated rings. The third kappa shape index (κ3) is 3.40. The molecule has 1 unspecified atom stereocenters. The van der Waals surface area contributed by atoms with Gasteiger partial charge in [-0.05, 0) is 6.42 Å². The van der Waals surface area contributed by atoms with Crippen molar-refractivity contribution in [2.75, 3.05) is 38.0 Å². The Morgan fingerprint density at radius 2 is 2.41 bits per heavy atom. The molecule has 0 aromatic carbocycles. The largest absolute Gasteiger partial charge is 0.381 e. The number of rotatable bonds is 5. The van der Waals surface area contributed by atoms with E-state index in [4.69, 9.17) is 4.74 Å². The predicted octanol–water partition coefficient (Wildman–Crippen LogP) is 1.30. The molecule has 0 amide bonds. The number of thioether (sulfide) groups is 1. The molecule has 5 nitrogen and oxygen atoms in total. The van der Waals surface area contributed by atoms with Crippen LogP contribution in [0.3, 0.4) is 0 Å².